The Balaban J connectivity index is 1.86. The summed E-state index contributed by atoms with van der Waals surface area (Å²) in [5.74, 6) is 1.80. The number of rotatable bonds is 6. The summed E-state index contributed by atoms with van der Waals surface area (Å²) in [6, 6.07) is 8.70. The van der Waals surface area contributed by atoms with Crippen molar-refractivity contribution < 1.29 is 0 Å². The molecule has 1 heterocycles. The summed E-state index contributed by atoms with van der Waals surface area (Å²) in [7, 11) is 0. The van der Waals surface area contributed by atoms with Gasteiger partial charge >= 0.3 is 0 Å². The Morgan fingerprint density at radius 2 is 1.94 bits per heavy atom. The first-order chi connectivity index (χ1) is 8.65. The Hall–Kier alpha value is -1.35. The second kappa shape index (κ2) is 6.01. The summed E-state index contributed by atoms with van der Waals surface area (Å²) in [4.78, 5) is 7.90. The highest BCUT2D eigenvalue weighted by Gasteiger charge is 2.05. The number of para-hydroxylation sites is 2. The fourth-order valence-electron chi connectivity index (χ4n) is 2.05. The molecule has 0 saturated heterocycles. The summed E-state index contributed by atoms with van der Waals surface area (Å²) in [5.41, 5.74) is 2.16. The number of H-pyrrole nitrogens is 1. The predicted octanol–water partition coefficient (Wildman–Crippen LogP) is 3.48. The molecule has 1 atom stereocenters. The number of nitrogens with zero attached hydrogens (tertiary/aromatic N) is 1. The molecule has 98 valence electrons. The Morgan fingerprint density at radius 3 is 2.67 bits per heavy atom. The smallest absolute Gasteiger partial charge is 0.121 e. The molecular weight excluding hydrogens is 222 g/mol. The van der Waals surface area contributed by atoms with E-state index in [0.29, 0.717) is 6.04 Å². The van der Waals surface area contributed by atoms with Gasteiger partial charge in [-0.3, -0.25) is 0 Å². The highest BCUT2D eigenvalue weighted by atomic mass is 15.0. The zero-order valence-electron chi connectivity index (χ0n) is 11.5. The van der Waals surface area contributed by atoms with E-state index in [0.717, 1.165) is 29.3 Å². The van der Waals surface area contributed by atoms with E-state index in [1.54, 1.807) is 0 Å². The van der Waals surface area contributed by atoms with Crippen LogP contribution >= 0.6 is 0 Å². The zero-order chi connectivity index (χ0) is 13.0. The molecule has 0 bridgehead atoms. The number of hydrogen-bond donors (Lipinski definition) is 2. The van der Waals surface area contributed by atoms with Crippen molar-refractivity contribution in [3.63, 3.8) is 0 Å². The lowest BCUT2D eigenvalue weighted by atomic mass is 10.0. The number of nitrogens with one attached hydrogen (secondary N) is 2. The molecule has 0 aliphatic heterocycles. The number of aromatic nitrogens is 2. The van der Waals surface area contributed by atoms with Crippen molar-refractivity contribution in [2.24, 2.45) is 5.92 Å². The molecule has 18 heavy (non-hydrogen) atoms. The Labute approximate surface area is 109 Å². The maximum Gasteiger partial charge on any atom is 0.121 e. The minimum Gasteiger partial charge on any atom is -0.341 e. The summed E-state index contributed by atoms with van der Waals surface area (Å²) in [5, 5.41) is 3.52. The van der Waals surface area contributed by atoms with Crippen LogP contribution in [0.1, 0.15) is 39.4 Å². The first-order valence-electron chi connectivity index (χ1n) is 6.82. The summed E-state index contributed by atoms with van der Waals surface area (Å²) < 4.78 is 0. The van der Waals surface area contributed by atoms with Crippen molar-refractivity contribution in [3.05, 3.63) is 30.1 Å². The van der Waals surface area contributed by atoms with Crippen molar-refractivity contribution in [3.8, 4) is 0 Å². The molecule has 1 aromatic carbocycles. The second-order valence-corrected chi connectivity index (χ2v) is 5.45. The van der Waals surface area contributed by atoms with Crippen molar-refractivity contribution in [1.82, 2.24) is 15.3 Å². The van der Waals surface area contributed by atoms with Crippen LogP contribution in [0, 0.1) is 5.92 Å². The Kier molecular flexibility index (Phi) is 4.37. The lowest BCUT2D eigenvalue weighted by molar-refractivity contribution is 0.447. The molecular formula is C15H23N3. The van der Waals surface area contributed by atoms with Crippen molar-refractivity contribution in [2.75, 3.05) is 0 Å². The molecule has 3 heteroatoms. The molecule has 0 fully saturated rings. The van der Waals surface area contributed by atoms with Crippen LogP contribution in [0.15, 0.2) is 24.3 Å². The Morgan fingerprint density at radius 1 is 1.17 bits per heavy atom. The number of fused-ring (bicyclic) bond motifs is 1. The predicted molar refractivity (Wildman–Crippen MR) is 76.5 cm³/mol. The first-order valence-corrected chi connectivity index (χ1v) is 6.82. The van der Waals surface area contributed by atoms with Gasteiger partial charge in [-0.15, -0.1) is 0 Å². The molecule has 2 aromatic rings. The third-order valence-corrected chi connectivity index (χ3v) is 3.23. The minimum absolute atomic E-state index is 0.542. The number of aromatic amines is 1. The molecule has 2 rings (SSSR count). The third kappa shape index (κ3) is 3.57. The first kappa shape index (κ1) is 13.1. The summed E-state index contributed by atoms with van der Waals surface area (Å²) in [6.45, 7) is 7.59. The van der Waals surface area contributed by atoms with E-state index in [2.05, 4.69) is 42.1 Å². The van der Waals surface area contributed by atoms with Gasteiger partial charge in [-0.05, 0) is 37.8 Å². The SMILES string of the molecule is CC(C)CCC(C)NCc1nc2ccccc2[nH]1. The maximum absolute atomic E-state index is 4.56. The Bertz CT molecular complexity index is 454. The number of hydrogen-bond acceptors (Lipinski definition) is 2. The molecule has 2 N–H and O–H groups in total. The van der Waals surface area contributed by atoms with Gasteiger partial charge in [0.1, 0.15) is 5.82 Å². The second-order valence-electron chi connectivity index (χ2n) is 5.45. The highest BCUT2D eigenvalue weighted by Crippen LogP contribution is 2.11. The van der Waals surface area contributed by atoms with E-state index in [1.807, 2.05) is 18.2 Å². The quantitative estimate of drug-likeness (QED) is 0.818. The molecule has 3 nitrogen and oxygen atoms in total. The van der Waals surface area contributed by atoms with Gasteiger partial charge in [-0.1, -0.05) is 26.0 Å². The average Bonchev–Trinajstić information content (AvgIpc) is 2.76. The zero-order valence-corrected chi connectivity index (χ0v) is 11.5. The van der Waals surface area contributed by atoms with Gasteiger partial charge in [0.2, 0.25) is 0 Å². The van der Waals surface area contributed by atoms with Crippen molar-refractivity contribution >= 4 is 11.0 Å². The van der Waals surface area contributed by atoms with Crippen LogP contribution in [0.2, 0.25) is 0 Å². The molecule has 0 aliphatic carbocycles. The lowest BCUT2D eigenvalue weighted by Gasteiger charge is -2.13. The van der Waals surface area contributed by atoms with Crippen molar-refractivity contribution in [1.29, 1.82) is 0 Å². The minimum atomic E-state index is 0.542. The number of imidazole rings is 1. The highest BCUT2D eigenvalue weighted by molar-refractivity contribution is 5.74. The van der Waals surface area contributed by atoms with Gasteiger partial charge < -0.3 is 10.3 Å². The normalized spacial score (nSPS) is 13.3. The van der Waals surface area contributed by atoms with Gasteiger partial charge in [0, 0.05) is 6.04 Å². The number of benzene rings is 1. The molecule has 0 spiro atoms. The average molecular weight is 245 g/mol. The monoisotopic (exact) mass is 245 g/mol. The largest absolute Gasteiger partial charge is 0.341 e. The van der Waals surface area contributed by atoms with E-state index in [9.17, 15) is 0 Å². The van der Waals surface area contributed by atoms with E-state index < -0.39 is 0 Å². The van der Waals surface area contributed by atoms with Crippen molar-refractivity contribution in [2.45, 2.75) is 46.2 Å². The molecule has 0 radical (unpaired) electrons. The van der Waals surface area contributed by atoms with Gasteiger partial charge in [0.25, 0.3) is 0 Å². The van der Waals surface area contributed by atoms with Gasteiger partial charge in [0.15, 0.2) is 0 Å². The maximum atomic E-state index is 4.56. The third-order valence-electron chi connectivity index (χ3n) is 3.23. The van der Waals surface area contributed by atoms with Crippen LogP contribution < -0.4 is 5.32 Å². The van der Waals surface area contributed by atoms with Crippen LogP contribution in [0.4, 0.5) is 0 Å². The van der Waals surface area contributed by atoms with E-state index in [-0.39, 0.29) is 0 Å². The van der Waals surface area contributed by atoms with Crippen LogP contribution in [-0.4, -0.2) is 16.0 Å². The molecule has 1 aromatic heterocycles. The molecule has 0 saturated carbocycles. The molecule has 0 amide bonds. The van der Waals surface area contributed by atoms with Gasteiger partial charge in [0.05, 0.1) is 17.6 Å². The van der Waals surface area contributed by atoms with E-state index in [4.69, 9.17) is 0 Å². The van der Waals surface area contributed by atoms with Crippen LogP contribution in [0.5, 0.6) is 0 Å². The fraction of sp³-hybridized carbons (Fsp3) is 0.533. The van der Waals surface area contributed by atoms with Crippen LogP contribution in [0.3, 0.4) is 0 Å². The molecule has 0 aliphatic rings. The van der Waals surface area contributed by atoms with Crippen LogP contribution in [-0.2, 0) is 6.54 Å². The van der Waals surface area contributed by atoms with Gasteiger partial charge in [-0.25, -0.2) is 4.98 Å². The van der Waals surface area contributed by atoms with Crippen LogP contribution in [0.25, 0.3) is 11.0 Å². The molecule has 1 unspecified atom stereocenters. The standard InChI is InChI=1S/C15H23N3/c1-11(2)8-9-12(3)16-10-15-17-13-6-4-5-7-14(13)18-15/h4-7,11-12,16H,8-10H2,1-3H3,(H,17,18). The summed E-state index contributed by atoms with van der Waals surface area (Å²) >= 11 is 0. The summed E-state index contributed by atoms with van der Waals surface area (Å²) in [6.07, 6.45) is 2.49. The topological polar surface area (TPSA) is 40.7 Å². The van der Waals surface area contributed by atoms with E-state index in [1.165, 1.54) is 12.8 Å². The van der Waals surface area contributed by atoms with Gasteiger partial charge in [-0.2, -0.15) is 0 Å². The fourth-order valence-corrected chi connectivity index (χ4v) is 2.05. The van der Waals surface area contributed by atoms with E-state index >= 15 is 0 Å². The lowest BCUT2D eigenvalue weighted by Crippen LogP contribution is -2.26.